The number of fused-ring (bicyclic) bond motifs is 5. The largest absolute Gasteiger partial charge is 0.378 e. The third-order valence-electron chi connectivity index (χ3n) is 10.3. The smallest absolute Gasteiger partial charge is 0.0612 e. The van der Waals surface area contributed by atoms with Gasteiger partial charge in [-0.2, -0.15) is 3.89 Å². The van der Waals surface area contributed by atoms with Gasteiger partial charge in [-0.1, -0.05) is 51.7 Å². The molecule has 4 aliphatic carbocycles. The van der Waals surface area contributed by atoms with Gasteiger partial charge in [0.2, 0.25) is 0 Å². The van der Waals surface area contributed by atoms with Crippen molar-refractivity contribution in [3.8, 4) is 0 Å². The highest BCUT2D eigenvalue weighted by molar-refractivity contribution is 7.94. The standard InChI is InChI=1S/C28H47FOS/c1-5-30-23-14-17-28(19-31-29)22(18-23)10-12-24-25-13-11-21(9-7-6-8-20(2)3)27(25,4)16-15-26(24)28/h10,20-21,23-26H,5-9,11-19H2,1-4H3. The van der Waals surface area contributed by atoms with E-state index in [1.807, 2.05) is 0 Å². The molecular weight excluding hydrogens is 403 g/mol. The van der Waals surface area contributed by atoms with Crippen LogP contribution in [0.5, 0.6) is 0 Å². The highest BCUT2D eigenvalue weighted by Crippen LogP contribution is 2.67. The van der Waals surface area contributed by atoms with Gasteiger partial charge in [0.05, 0.1) is 6.10 Å². The molecule has 3 saturated carbocycles. The molecule has 0 spiro atoms. The molecule has 1 nitrogen and oxygen atoms in total. The summed E-state index contributed by atoms with van der Waals surface area (Å²) in [6.07, 6.45) is 18.7. The fourth-order valence-corrected chi connectivity index (χ4v) is 9.43. The number of rotatable bonds is 9. The lowest BCUT2D eigenvalue weighted by Crippen LogP contribution is -2.52. The molecule has 0 bridgehead atoms. The first kappa shape index (κ1) is 24.1. The molecule has 0 heterocycles. The van der Waals surface area contributed by atoms with Crippen molar-refractivity contribution in [2.24, 2.45) is 40.4 Å². The van der Waals surface area contributed by atoms with Crippen LogP contribution < -0.4 is 0 Å². The summed E-state index contributed by atoms with van der Waals surface area (Å²) in [7, 11) is 0. The Morgan fingerprint density at radius 3 is 2.71 bits per heavy atom. The maximum Gasteiger partial charge on any atom is 0.0612 e. The first-order valence-electron chi connectivity index (χ1n) is 13.5. The second kappa shape index (κ2) is 10.1. The Hall–Kier alpha value is -0.0200. The molecular formula is C28H47FOS. The summed E-state index contributed by atoms with van der Waals surface area (Å²) in [6.45, 7) is 10.3. The Balaban J connectivity index is 1.49. The topological polar surface area (TPSA) is 9.23 Å². The van der Waals surface area contributed by atoms with Gasteiger partial charge >= 0.3 is 0 Å². The van der Waals surface area contributed by atoms with Crippen LogP contribution in [0.4, 0.5) is 3.89 Å². The van der Waals surface area contributed by atoms with Crippen LogP contribution in [-0.4, -0.2) is 18.5 Å². The Morgan fingerprint density at radius 1 is 1.13 bits per heavy atom. The molecule has 0 N–H and O–H groups in total. The van der Waals surface area contributed by atoms with Crippen LogP contribution in [0.25, 0.3) is 0 Å². The van der Waals surface area contributed by atoms with E-state index < -0.39 is 0 Å². The van der Waals surface area contributed by atoms with E-state index in [0.29, 0.717) is 35.3 Å². The van der Waals surface area contributed by atoms with Crippen LogP contribution in [0, 0.1) is 40.4 Å². The van der Waals surface area contributed by atoms with E-state index in [1.54, 1.807) is 5.57 Å². The number of ether oxygens (including phenoxy) is 1. The maximum absolute atomic E-state index is 13.8. The van der Waals surface area contributed by atoms with Gasteiger partial charge in [0.15, 0.2) is 0 Å². The van der Waals surface area contributed by atoms with Crippen molar-refractivity contribution in [3.05, 3.63) is 11.6 Å². The molecule has 0 amide bonds. The van der Waals surface area contributed by atoms with Gasteiger partial charge in [0.25, 0.3) is 0 Å². The summed E-state index contributed by atoms with van der Waals surface area (Å²) < 4.78 is 19.9. The number of hydrogen-bond acceptors (Lipinski definition) is 2. The predicted molar refractivity (Wildman–Crippen MR) is 132 cm³/mol. The number of allylic oxidation sites excluding steroid dienone is 1. The lowest BCUT2D eigenvalue weighted by molar-refractivity contribution is -0.0561. The SMILES string of the molecule is CCOC1CCC2(CSF)C(=CCC3C2CCC2(C)C(CCCCC(C)C)CCC32)C1. The van der Waals surface area contributed by atoms with Crippen molar-refractivity contribution < 1.29 is 8.62 Å². The molecule has 3 fully saturated rings. The summed E-state index contributed by atoms with van der Waals surface area (Å²) >= 11 is 0.614. The zero-order valence-corrected chi connectivity index (χ0v) is 21.5. The van der Waals surface area contributed by atoms with Crippen molar-refractivity contribution in [2.45, 2.75) is 111 Å². The van der Waals surface area contributed by atoms with E-state index in [9.17, 15) is 3.89 Å². The summed E-state index contributed by atoms with van der Waals surface area (Å²) in [6, 6.07) is 0. The van der Waals surface area contributed by atoms with Crippen LogP contribution in [-0.2, 0) is 4.74 Å². The molecule has 0 aliphatic heterocycles. The van der Waals surface area contributed by atoms with E-state index in [-0.39, 0.29) is 5.41 Å². The Bertz CT molecular complexity index is 633. The van der Waals surface area contributed by atoms with E-state index in [0.717, 1.165) is 49.5 Å². The van der Waals surface area contributed by atoms with Gasteiger partial charge in [0.1, 0.15) is 0 Å². The van der Waals surface area contributed by atoms with Crippen LogP contribution in [0.15, 0.2) is 11.6 Å². The second-order valence-electron chi connectivity index (χ2n) is 12.1. The molecule has 4 aliphatic rings. The monoisotopic (exact) mass is 450 g/mol. The Labute approximate surface area is 196 Å². The fraction of sp³-hybridized carbons (Fsp3) is 0.929. The summed E-state index contributed by atoms with van der Waals surface area (Å²) in [4.78, 5) is 0. The molecule has 31 heavy (non-hydrogen) atoms. The van der Waals surface area contributed by atoms with E-state index >= 15 is 0 Å². The van der Waals surface area contributed by atoms with Crippen LogP contribution in [0.3, 0.4) is 0 Å². The molecule has 7 atom stereocenters. The Morgan fingerprint density at radius 2 is 1.97 bits per heavy atom. The van der Waals surface area contributed by atoms with E-state index in [1.165, 1.54) is 57.8 Å². The average molecular weight is 451 g/mol. The average Bonchev–Trinajstić information content (AvgIpc) is 3.08. The molecule has 0 aromatic rings. The van der Waals surface area contributed by atoms with Crippen molar-refractivity contribution >= 4 is 12.1 Å². The molecule has 7 unspecified atom stereocenters. The molecule has 0 aromatic carbocycles. The quantitative estimate of drug-likeness (QED) is 0.256. The van der Waals surface area contributed by atoms with Crippen molar-refractivity contribution in [2.75, 3.05) is 12.4 Å². The second-order valence-corrected chi connectivity index (χ2v) is 12.6. The van der Waals surface area contributed by atoms with Crippen molar-refractivity contribution in [1.82, 2.24) is 0 Å². The fourth-order valence-electron chi connectivity index (χ4n) is 8.69. The third kappa shape index (κ3) is 4.53. The molecule has 0 radical (unpaired) electrons. The van der Waals surface area contributed by atoms with Crippen molar-refractivity contribution in [3.63, 3.8) is 0 Å². The first-order valence-corrected chi connectivity index (χ1v) is 14.4. The van der Waals surface area contributed by atoms with Crippen molar-refractivity contribution in [1.29, 1.82) is 0 Å². The summed E-state index contributed by atoms with van der Waals surface area (Å²) in [5.41, 5.74) is 2.22. The minimum absolute atomic E-state index is 0.118. The summed E-state index contributed by atoms with van der Waals surface area (Å²) in [5, 5.41) is 0. The predicted octanol–water partition coefficient (Wildman–Crippen LogP) is 8.78. The van der Waals surface area contributed by atoms with E-state index in [2.05, 4.69) is 33.8 Å². The number of halogens is 1. The zero-order valence-electron chi connectivity index (χ0n) is 20.6. The van der Waals surface area contributed by atoms with Gasteiger partial charge in [-0.15, -0.1) is 0 Å². The lowest BCUT2D eigenvalue weighted by atomic mass is 9.47. The third-order valence-corrected chi connectivity index (χ3v) is 10.9. The Kier molecular flexibility index (Phi) is 7.84. The maximum atomic E-state index is 13.8. The molecule has 4 rings (SSSR count). The van der Waals surface area contributed by atoms with Gasteiger partial charge in [-0.3, -0.25) is 0 Å². The minimum atomic E-state index is 0.118. The highest BCUT2D eigenvalue weighted by atomic mass is 32.2. The molecule has 0 saturated heterocycles. The van der Waals surface area contributed by atoms with Gasteiger partial charge in [-0.05, 0) is 99.7 Å². The van der Waals surface area contributed by atoms with Crippen LogP contribution in [0.2, 0.25) is 0 Å². The van der Waals surface area contributed by atoms with Gasteiger partial charge in [0, 0.05) is 29.9 Å². The van der Waals surface area contributed by atoms with E-state index in [4.69, 9.17) is 4.74 Å². The van der Waals surface area contributed by atoms with Gasteiger partial charge in [-0.25, -0.2) is 0 Å². The summed E-state index contributed by atoms with van der Waals surface area (Å²) in [5.74, 6) is 4.81. The minimum Gasteiger partial charge on any atom is -0.378 e. The van der Waals surface area contributed by atoms with Crippen LogP contribution >= 0.6 is 12.1 Å². The lowest BCUT2D eigenvalue weighted by Gasteiger charge is -2.59. The van der Waals surface area contributed by atoms with Gasteiger partial charge < -0.3 is 4.74 Å². The molecule has 3 heteroatoms. The molecule has 178 valence electrons. The number of unbranched alkanes of at least 4 members (excludes halogenated alkanes) is 1. The highest BCUT2D eigenvalue weighted by Gasteiger charge is 2.59. The zero-order chi connectivity index (χ0) is 22.1. The first-order chi connectivity index (χ1) is 14.9. The normalized spacial score (nSPS) is 42.1. The molecule has 0 aromatic heterocycles. The van der Waals surface area contributed by atoms with Crippen LogP contribution in [0.1, 0.15) is 105 Å². The number of hydrogen-bond donors (Lipinski definition) is 0.